The fourth-order valence-electron chi connectivity index (χ4n) is 3.55. The van der Waals surface area contributed by atoms with Gasteiger partial charge < -0.3 is 10.1 Å². The third-order valence-electron chi connectivity index (χ3n) is 4.49. The van der Waals surface area contributed by atoms with Gasteiger partial charge in [-0.05, 0) is 37.8 Å². The summed E-state index contributed by atoms with van der Waals surface area (Å²) in [6, 6.07) is 7.61. The average molecular weight is 303 g/mol. The lowest BCUT2D eigenvalue weighted by Gasteiger charge is -2.36. The van der Waals surface area contributed by atoms with E-state index in [1.807, 2.05) is 45.0 Å². The molecule has 3 rings (SSSR count). The van der Waals surface area contributed by atoms with Gasteiger partial charge >= 0.3 is 5.97 Å². The Kier molecular flexibility index (Phi) is 5.22. The van der Waals surface area contributed by atoms with Crippen molar-refractivity contribution in [3.63, 3.8) is 0 Å². The molecular formula is C18H25NO3. The quantitative estimate of drug-likeness (QED) is 0.848. The smallest absolute Gasteiger partial charge is 0.316 e. The summed E-state index contributed by atoms with van der Waals surface area (Å²) in [5.41, 5.74) is 1.01. The van der Waals surface area contributed by atoms with Gasteiger partial charge in [0, 0.05) is 11.6 Å². The number of fused-ring (bicyclic) bond motifs is 4. The van der Waals surface area contributed by atoms with Gasteiger partial charge in [0.1, 0.15) is 0 Å². The van der Waals surface area contributed by atoms with Gasteiger partial charge in [-0.1, -0.05) is 38.5 Å². The highest BCUT2D eigenvalue weighted by Gasteiger charge is 2.50. The minimum Gasteiger partial charge on any atom is -0.465 e. The maximum Gasteiger partial charge on any atom is 0.316 e. The van der Waals surface area contributed by atoms with E-state index in [-0.39, 0.29) is 17.8 Å². The fourth-order valence-corrected chi connectivity index (χ4v) is 3.55. The molecule has 22 heavy (non-hydrogen) atoms. The lowest BCUT2D eigenvalue weighted by molar-refractivity contribution is -0.152. The number of carbonyl (C=O) groups excluding carboxylic acids is 2. The Morgan fingerprint density at radius 3 is 2.82 bits per heavy atom. The van der Waals surface area contributed by atoms with Crippen molar-refractivity contribution in [1.29, 1.82) is 0 Å². The zero-order chi connectivity index (χ0) is 16.2. The van der Waals surface area contributed by atoms with E-state index < -0.39 is 5.41 Å². The lowest BCUT2D eigenvalue weighted by Crippen LogP contribution is -2.42. The molecule has 1 aliphatic heterocycles. The van der Waals surface area contributed by atoms with Crippen LogP contribution in [0.3, 0.4) is 0 Å². The van der Waals surface area contributed by atoms with E-state index in [1.54, 1.807) is 0 Å². The van der Waals surface area contributed by atoms with E-state index in [0.717, 1.165) is 30.5 Å². The van der Waals surface area contributed by atoms with Gasteiger partial charge in [-0.3, -0.25) is 9.59 Å². The Morgan fingerprint density at radius 1 is 1.36 bits per heavy atom. The van der Waals surface area contributed by atoms with Gasteiger partial charge in [-0.2, -0.15) is 0 Å². The molecule has 0 saturated heterocycles. The van der Waals surface area contributed by atoms with Crippen LogP contribution < -0.4 is 5.32 Å². The number of carbonyl (C=O) groups is 2. The first-order valence-electron chi connectivity index (χ1n) is 8.25. The van der Waals surface area contributed by atoms with Crippen molar-refractivity contribution in [2.45, 2.75) is 51.9 Å². The molecule has 1 N–H and O–H groups in total. The molecule has 1 amide bonds. The summed E-state index contributed by atoms with van der Waals surface area (Å²) in [5, 5.41) is 2.97. The second-order valence-electron chi connectivity index (χ2n) is 5.63. The summed E-state index contributed by atoms with van der Waals surface area (Å²) in [6.07, 6.45) is 3.05. The van der Waals surface area contributed by atoms with Crippen molar-refractivity contribution in [3.8, 4) is 0 Å². The number of nitrogens with one attached hydrogen (secondary N) is 1. The van der Waals surface area contributed by atoms with E-state index in [1.165, 1.54) is 0 Å². The highest BCUT2D eigenvalue weighted by Crippen LogP contribution is 2.47. The maximum absolute atomic E-state index is 12.6. The Morgan fingerprint density at radius 2 is 2.09 bits per heavy atom. The van der Waals surface area contributed by atoms with Gasteiger partial charge in [0.2, 0.25) is 5.91 Å². The van der Waals surface area contributed by atoms with Crippen molar-refractivity contribution in [2.75, 3.05) is 11.9 Å². The summed E-state index contributed by atoms with van der Waals surface area (Å²) in [4.78, 5) is 24.8. The van der Waals surface area contributed by atoms with Crippen LogP contribution in [0.5, 0.6) is 0 Å². The molecule has 2 aliphatic rings. The van der Waals surface area contributed by atoms with Crippen LogP contribution in [0.25, 0.3) is 0 Å². The predicted octanol–water partition coefficient (Wildman–Crippen LogP) is 3.66. The van der Waals surface area contributed by atoms with E-state index in [9.17, 15) is 9.59 Å². The highest BCUT2D eigenvalue weighted by atomic mass is 16.5. The van der Waals surface area contributed by atoms with Gasteiger partial charge in [-0.15, -0.1) is 0 Å². The van der Waals surface area contributed by atoms with Crippen LogP contribution in [-0.4, -0.2) is 18.5 Å². The van der Waals surface area contributed by atoms with Crippen molar-refractivity contribution in [3.05, 3.63) is 29.8 Å². The number of amides is 1. The minimum atomic E-state index is -0.658. The molecule has 1 aromatic rings. The third kappa shape index (κ3) is 2.74. The molecule has 0 aromatic heterocycles. The van der Waals surface area contributed by atoms with Crippen LogP contribution in [0.4, 0.5) is 5.69 Å². The monoisotopic (exact) mass is 303 g/mol. The zero-order valence-corrected chi connectivity index (χ0v) is 13.6. The molecule has 1 fully saturated rings. The number of hydrogen-bond donors (Lipinski definition) is 1. The van der Waals surface area contributed by atoms with Crippen molar-refractivity contribution < 1.29 is 14.3 Å². The van der Waals surface area contributed by atoms with Crippen LogP contribution in [0.15, 0.2) is 24.3 Å². The second kappa shape index (κ2) is 6.95. The molecule has 1 heterocycles. The first kappa shape index (κ1) is 16.5. The van der Waals surface area contributed by atoms with Gasteiger partial charge in [0.05, 0.1) is 12.0 Å². The maximum atomic E-state index is 12.6. The first-order valence-corrected chi connectivity index (χ1v) is 8.25. The average Bonchev–Trinajstić information content (AvgIpc) is 2.64. The second-order valence-corrected chi connectivity index (χ2v) is 5.63. The Hall–Kier alpha value is -1.84. The number of anilines is 1. The topological polar surface area (TPSA) is 55.4 Å². The summed E-state index contributed by atoms with van der Waals surface area (Å²) in [6.45, 7) is 6.19. The zero-order valence-electron chi connectivity index (χ0n) is 13.6. The standard InChI is InChI=1S/C16H19NO3.C2H6/c1-2-20-15(19)16-9-5-6-11(10-16)14(18)17-13-8-4-3-7-12(13)16;1-2/h3-4,7-8,11H,2,5-6,9-10H2,1H3,(H,17,18);1-2H3. The van der Waals surface area contributed by atoms with Crippen LogP contribution in [0, 0.1) is 5.92 Å². The molecule has 2 unspecified atom stereocenters. The molecule has 2 bridgehead atoms. The minimum absolute atomic E-state index is 0.0309. The van der Waals surface area contributed by atoms with E-state index in [2.05, 4.69) is 5.32 Å². The van der Waals surface area contributed by atoms with Crippen LogP contribution in [0.2, 0.25) is 0 Å². The fraction of sp³-hybridized carbons (Fsp3) is 0.556. The molecule has 4 heteroatoms. The molecule has 2 atom stereocenters. The normalized spacial score (nSPS) is 25.8. The largest absolute Gasteiger partial charge is 0.465 e. The molecule has 120 valence electrons. The number of hydrogen-bond acceptors (Lipinski definition) is 3. The number of ether oxygens (including phenoxy) is 1. The highest BCUT2D eigenvalue weighted by molar-refractivity contribution is 5.98. The van der Waals surface area contributed by atoms with Gasteiger partial charge in [-0.25, -0.2) is 0 Å². The van der Waals surface area contributed by atoms with Crippen molar-refractivity contribution in [2.24, 2.45) is 5.92 Å². The molecule has 1 aromatic carbocycles. The Labute approximate surface area is 132 Å². The van der Waals surface area contributed by atoms with Crippen LogP contribution in [-0.2, 0) is 19.7 Å². The number of rotatable bonds is 2. The third-order valence-corrected chi connectivity index (χ3v) is 4.49. The summed E-state index contributed by atoms with van der Waals surface area (Å²) in [5.74, 6) is -0.252. The summed E-state index contributed by atoms with van der Waals surface area (Å²) in [7, 11) is 0. The molecular weight excluding hydrogens is 278 g/mol. The molecule has 4 nitrogen and oxygen atoms in total. The Balaban J connectivity index is 0.000000847. The van der Waals surface area contributed by atoms with Crippen LogP contribution >= 0.6 is 0 Å². The molecule has 0 radical (unpaired) electrons. The summed E-state index contributed by atoms with van der Waals surface area (Å²) < 4.78 is 5.33. The van der Waals surface area contributed by atoms with E-state index in [4.69, 9.17) is 4.74 Å². The summed E-state index contributed by atoms with van der Waals surface area (Å²) >= 11 is 0. The SMILES string of the molecule is CC.CCOC(=O)C12CCCC(C1)C(=O)Nc1ccccc12. The van der Waals surface area contributed by atoms with Crippen molar-refractivity contribution in [1.82, 2.24) is 0 Å². The van der Waals surface area contributed by atoms with Gasteiger partial charge in [0.25, 0.3) is 0 Å². The number of para-hydroxylation sites is 1. The lowest BCUT2D eigenvalue weighted by atomic mass is 9.66. The van der Waals surface area contributed by atoms with Crippen LogP contribution in [0.1, 0.15) is 52.0 Å². The molecule has 0 spiro atoms. The predicted molar refractivity (Wildman–Crippen MR) is 86.7 cm³/mol. The van der Waals surface area contributed by atoms with E-state index in [0.29, 0.717) is 13.0 Å². The molecule has 1 aliphatic carbocycles. The molecule has 1 saturated carbocycles. The van der Waals surface area contributed by atoms with E-state index >= 15 is 0 Å². The Bertz CT molecular complexity index is 555. The number of benzene rings is 1. The number of esters is 1. The van der Waals surface area contributed by atoms with Gasteiger partial charge in [0.15, 0.2) is 0 Å². The first-order chi connectivity index (χ1) is 10.7. The van der Waals surface area contributed by atoms with Crippen molar-refractivity contribution >= 4 is 17.6 Å².